The summed E-state index contributed by atoms with van der Waals surface area (Å²) in [6, 6.07) is 8.15. The van der Waals surface area contributed by atoms with Crippen molar-refractivity contribution in [2.45, 2.75) is 13.8 Å². The monoisotopic (exact) mass is 341 g/mol. The van der Waals surface area contributed by atoms with Crippen LogP contribution in [-0.2, 0) is 0 Å². The first-order chi connectivity index (χ1) is 12.7. The van der Waals surface area contributed by atoms with E-state index in [-0.39, 0.29) is 0 Å². The summed E-state index contributed by atoms with van der Waals surface area (Å²) in [4.78, 5) is 12.5. The van der Waals surface area contributed by atoms with Gasteiger partial charge in [0.1, 0.15) is 11.2 Å². The van der Waals surface area contributed by atoms with Gasteiger partial charge in [-0.1, -0.05) is 24.8 Å². The fourth-order valence-electron chi connectivity index (χ4n) is 2.99. The summed E-state index contributed by atoms with van der Waals surface area (Å²) in [5.41, 5.74) is 8.65. The predicted molar refractivity (Wildman–Crippen MR) is 106 cm³/mol. The molecule has 4 rings (SSSR count). The van der Waals surface area contributed by atoms with Crippen LogP contribution in [0.25, 0.3) is 39.8 Å². The molecule has 0 bridgehead atoms. The molecule has 5 heteroatoms. The second kappa shape index (κ2) is 6.44. The van der Waals surface area contributed by atoms with E-state index in [9.17, 15) is 0 Å². The van der Waals surface area contributed by atoms with Crippen LogP contribution in [0, 0.1) is 13.8 Å². The minimum atomic E-state index is 0.809. The molecule has 0 atom stereocenters. The number of aromatic amines is 2. The molecule has 0 spiro atoms. The molecule has 4 aromatic rings. The Kier molecular flexibility index (Phi) is 3.97. The summed E-state index contributed by atoms with van der Waals surface area (Å²) in [6.07, 6.45) is 9.38. The van der Waals surface area contributed by atoms with Crippen LogP contribution in [0.1, 0.15) is 16.8 Å². The zero-order chi connectivity index (χ0) is 18.1. The van der Waals surface area contributed by atoms with Gasteiger partial charge in [0.2, 0.25) is 0 Å². The van der Waals surface area contributed by atoms with Gasteiger partial charge in [-0.2, -0.15) is 5.10 Å². The summed E-state index contributed by atoms with van der Waals surface area (Å²) in [5, 5.41) is 7.54. The molecular weight excluding hydrogens is 322 g/mol. The van der Waals surface area contributed by atoms with Crippen molar-refractivity contribution in [3.8, 4) is 22.6 Å². The van der Waals surface area contributed by atoms with Crippen LogP contribution >= 0.6 is 0 Å². The van der Waals surface area contributed by atoms with E-state index in [1.54, 1.807) is 6.08 Å². The number of nitrogens with zero attached hydrogens (tertiary/aromatic N) is 3. The van der Waals surface area contributed by atoms with Crippen LogP contribution in [0.15, 0.2) is 55.4 Å². The highest BCUT2D eigenvalue weighted by Crippen LogP contribution is 2.28. The average molecular weight is 341 g/mol. The van der Waals surface area contributed by atoms with E-state index >= 15 is 0 Å². The smallest absolute Gasteiger partial charge is 0.135 e. The molecule has 0 amide bonds. The van der Waals surface area contributed by atoms with Crippen LogP contribution in [0.3, 0.4) is 0 Å². The van der Waals surface area contributed by atoms with E-state index < -0.39 is 0 Å². The molecule has 4 heterocycles. The van der Waals surface area contributed by atoms with Gasteiger partial charge in [-0.25, -0.2) is 4.98 Å². The van der Waals surface area contributed by atoms with Crippen LogP contribution in [-0.4, -0.2) is 25.1 Å². The number of aryl methyl sites for hydroxylation is 2. The highest BCUT2D eigenvalue weighted by atomic mass is 15.1. The SMILES string of the molecule is C=C/C=C\c1cc(-c2n[nH]c3ccc(-c4cncc(C)c4)nc23)[nH]c1C. The van der Waals surface area contributed by atoms with Crippen molar-refractivity contribution in [3.05, 3.63) is 72.2 Å². The van der Waals surface area contributed by atoms with Gasteiger partial charge in [0.25, 0.3) is 0 Å². The summed E-state index contributed by atoms with van der Waals surface area (Å²) in [7, 11) is 0. The zero-order valence-corrected chi connectivity index (χ0v) is 14.7. The maximum absolute atomic E-state index is 4.84. The fraction of sp³-hybridized carbons (Fsp3) is 0.0952. The highest BCUT2D eigenvalue weighted by Gasteiger charge is 2.14. The Balaban J connectivity index is 1.83. The molecule has 0 aliphatic heterocycles. The van der Waals surface area contributed by atoms with Crippen molar-refractivity contribution in [2.75, 3.05) is 0 Å². The number of fused-ring (bicyclic) bond motifs is 1. The largest absolute Gasteiger partial charge is 0.357 e. The summed E-state index contributed by atoms with van der Waals surface area (Å²) in [5.74, 6) is 0. The Morgan fingerprint density at radius 3 is 2.81 bits per heavy atom. The fourth-order valence-corrected chi connectivity index (χ4v) is 2.99. The Morgan fingerprint density at radius 1 is 1.12 bits per heavy atom. The van der Waals surface area contributed by atoms with Crippen LogP contribution in [0.4, 0.5) is 0 Å². The molecule has 0 aliphatic rings. The lowest BCUT2D eigenvalue weighted by atomic mass is 10.1. The second-order valence-electron chi connectivity index (χ2n) is 6.27. The molecular formula is C21H19N5. The molecule has 128 valence electrons. The predicted octanol–water partition coefficient (Wildman–Crippen LogP) is 4.83. The molecule has 0 unspecified atom stereocenters. The number of hydrogen-bond acceptors (Lipinski definition) is 3. The maximum Gasteiger partial charge on any atom is 0.135 e. The first kappa shape index (κ1) is 16.0. The first-order valence-corrected chi connectivity index (χ1v) is 8.42. The normalized spacial score (nSPS) is 11.5. The van der Waals surface area contributed by atoms with Crippen LogP contribution in [0.2, 0.25) is 0 Å². The Hall–Kier alpha value is -3.47. The van der Waals surface area contributed by atoms with Crippen molar-refractivity contribution < 1.29 is 0 Å². The number of nitrogens with one attached hydrogen (secondary N) is 2. The van der Waals surface area contributed by atoms with Crippen LogP contribution in [0.5, 0.6) is 0 Å². The number of H-pyrrole nitrogens is 2. The number of hydrogen-bond donors (Lipinski definition) is 2. The lowest BCUT2D eigenvalue weighted by Gasteiger charge is -2.02. The third kappa shape index (κ3) is 2.84. The van der Waals surface area contributed by atoms with E-state index in [0.29, 0.717) is 0 Å². The van der Waals surface area contributed by atoms with Gasteiger partial charge in [0.15, 0.2) is 0 Å². The number of allylic oxidation sites excluding steroid dienone is 2. The van der Waals surface area contributed by atoms with E-state index in [1.165, 1.54) is 0 Å². The third-order valence-electron chi connectivity index (χ3n) is 4.30. The molecule has 0 saturated carbocycles. The lowest BCUT2D eigenvalue weighted by molar-refractivity contribution is 1.11. The molecule has 5 nitrogen and oxygen atoms in total. The average Bonchev–Trinajstić information content (AvgIpc) is 3.22. The Morgan fingerprint density at radius 2 is 2.00 bits per heavy atom. The van der Waals surface area contributed by atoms with Crippen molar-refractivity contribution in [1.29, 1.82) is 0 Å². The summed E-state index contributed by atoms with van der Waals surface area (Å²) >= 11 is 0. The molecule has 0 aliphatic carbocycles. The standard InChI is InChI=1S/C21H19N5/c1-4-5-6-15-10-19(23-14(15)3)21-20-18(25-26-21)8-7-17(24-20)16-9-13(2)11-22-12-16/h4-12,23H,1H2,2-3H3,(H,25,26)/b6-5-. The lowest BCUT2D eigenvalue weighted by Crippen LogP contribution is -1.88. The van der Waals surface area contributed by atoms with Crippen molar-refractivity contribution in [3.63, 3.8) is 0 Å². The van der Waals surface area contributed by atoms with E-state index in [4.69, 9.17) is 4.98 Å². The summed E-state index contributed by atoms with van der Waals surface area (Å²) in [6.45, 7) is 7.78. The van der Waals surface area contributed by atoms with Gasteiger partial charge < -0.3 is 4.98 Å². The molecule has 0 saturated heterocycles. The second-order valence-corrected chi connectivity index (χ2v) is 6.27. The topological polar surface area (TPSA) is 70.2 Å². The molecule has 0 aromatic carbocycles. The minimum Gasteiger partial charge on any atom is -0.357 e. The first-order valence-electron chi connectivity index (χ1n) is 8.42. The number of aromatic nitrogens is 5. The Labute approximate surface area is 151 Å². The molecule has 26 heavy (non-hydrogen) atoms. The van der Waals surface area contributed by atoms with Crippen molar-refractivity contribution in [1.82, 2.24) is 25.1 Å². The highest BCUT2D eigenvalue weighted by molar-refractivity contribution is 5.90. The number of rotatable bonds is 4. The van der Waals surface area contributed by atoms with E-state index in [2.05, 4.69) is 38.9 Å². The minimum absolute atomic E-state index is 0.809. The van der Waals surface area contributed by atoms with Gasteiger partial charge in [-0.15, -0.1) is 0 Å². The molecule has 0 radical (unpaired) electrons. The maximum atomic E-state index is 4.84. The van der Waals surface area contributed by atoms with E-state index in [1.807, 2.05) is 50.5 Å². The molecule has 2 N–H and O–H groups in total. The van der Waals surface area contributed by atoms with Gasteiger partial charge in [0, 0.05) is 23.7 Å². The molecule has 0 fully saturated rings. The summed E-state index contributed by atoms with van der Waals surface area (Å²) < 4.78 is 0. The van der Waals surface area contributed by atoms with Gasteiger partial charge in [-0.05, 0) is 49.2 Å². The quantitative estimate of drug-likeness (QED) is 0.522. The molecule has 4 aromatic heterocycles. The van der Waals surface area contributed by atoms with Gasteiger partial charge in [-0.3, -0.25) is 10.1 Å². The van der Waals surface area contributed by atoms with Crippen molar-refractivity contribution in [2.24, 2.45) is 0 Å². The Bertz CT molecular complexity index is 1130. The third-order valence-corrected chi connectivity index (χ3v) is 4.30. The van der Waals surface area contributed by atoms with Crippen molar-refractivity contribution >= 4 is 17.1 Å². The van der Waals surface area contributed by atoms with Gasteiger partial charge in [0.05, 0.1) is 16.9 Å². The zero-order valence-electron chi connectivity index (χ0n) is 14.7. The number of pyridine rings is 2. The van der Waals surface area contributed by atoms with E-state index in [0.717, 1.165) is 50.5 Å². The van der Waals surface area contributed by atoms with Gasteiger partial charge >= 0.3 is 0 Å². The van der Waals surface area contributed by atoms with Crippen LogP contribution < -0.4 is 0 Å².